The average molecular weight is 345 g/mol. The summed E-state index contributed by atoms with van der Waals surface area (Å²) >= 11 is 0. The first-order valence-corrected chi connectivity index (χ1v) is 8.56. The van der Waals surface area contributed by atoms with Crippen molar-refractivity contribution in [3.63, 3.8) is 0 Å². The van der Waals surface area contributed by atoms with Gasteiger partial charge in [0.1, 0.15) is 0 Å². The van der Waals surface area contributed by atoms with Crippen molar-refractivity contribution in [1.82, 2.24) is 9.88 Å². The number of hydrogen-bond donors (Lipinski definition) is 0. The summed E-state index contributed by atoms with van der Waals surface area (Å²) in [5.74, 6) is -0.448. The highest BCUT2D eigenvalue weighted by molar-refractivity contribution is 6.26. The number of aromatic nitrogens is 1. The lowest BCUT2D eigenvalue weighted by Crippen LogP contribution is -2.41. The van der Waals surface area contributed by atoms with Gasteiger partial charge in [-0.15, -0.1) is 0 Å². The minimum absolute atomic E-state index is 0.224. The minimum atomic E-state index is -0.224. The third-order valence-electron chi connectivity index (χ3n) is 4.82. The molecule has 130 valence electrons. The van der Waals surface area contributed by atoms with E-state index in [2.05, 4.69) is 4.98 Å². The van der Waals surface area contributed by atoms with Gasteiger partial charge in [0.2, 0.25) is 0 Å². The van der Waals surface area contributed by atoms with Gasteiger partial charge in [0, 0.05) is 60.6 Å². The molecule has 0 N–H and O–H groups in total. The van der Waals surface area contributed by atoms with E-state index in [-0.39, 0.29) is 11.8 Å². The molecule has 26 heavy (non-hydrogen) atoms. The van der Waals surface area contributed by atoms with Crippen LogP contribution in [0, 0.1) is 0 Å². The third kappa shape index (κ3) is 2.52. The molecule has 1 aromatic heterocycles. The predicted octanol–water partition coefficient (Wildman–Crippen LogP) is 3.14. The van der Waals surface area contributed by atoms with Crippen LogP contribution >= 0.6 is 0 Å². The van der Waals surface area contributed by atoms with Crippen molar-refractivity contribution < 1.29 is 9.59 Å². The van der Waals surface area contributed by atoms with E-state index in [0.717, 1.165) is 22.0 Å². The van der Waals surface area contributed by atoms with Crippen LogP contribution in [-0.2, 0) is 6.42 Å². The predicted molar refractivity (Wildman–Crippen MR) is 102 cm³/mol. The fourth-order valence-corrected chi connectivity index (χ4v) is 3.51. The molecular weight excluding hydrogens is 326 g/mol. The summed E-state index contributed by atoms with van der Waals surface area (Å²) in [6.07, 6.45) is 4.04. The van der Waals surface area contributed by atoms with Crippen molar-refractivity contribution in [1.29, 1.82) is 0 Å². The van der Waals surface area contributed by atoms with Gasteiger partial charge in [-0.2, -0.15) is 0 Å². The molecule has 2 heterocycles. The molecule has 0 aliphatic carbocycles. The van der Waals surface area contributed by atoms with Crippen LogP contribution < -0.4 is 4.90 Å². The Morgan fingerprint density at radius 2 is 1.62 bits per heavy atom. The average Bonchev–Trinajstić information content (AvgIpc) is 2.66. The Kier molecular flexibility index (Phi) is 3.92. The lowest BCUT2D eigenvalue weighted by molar-refractivity contribution is 0.0612. The number of pyridine rings is 1. The van der Waals surface area contributed by atoms with Gasteiger partial charge in [-0.3, -0.25) is 19.5 Å². The van der Waals surface area contributed by atoms with Crippen molar-refractivity contribution >= 4 is 28.3 Å². The smallest absolute Gasteiger partial charge is 0.261 e. The minimum Gasteiger partial charge on any atom is -0.377 e. The van der Waals surface area contributed by atoms with Crippen molar-refractivity contribution in [2.24, 2.45) is 0 Å². The second-order valence-electron chi connectivity index (χ2n) is 6.62. The summed E-state index contributed by atoms with van der Waals surface area (Å²) in [4.78, 5) is 33.3. The first-order valence-electron chi connectivity index (χ1n) is 8.56. The molecular formula is C21H19N3O2. The quantitative estimate of drug-likeness (QED) is 0.682. The van der Waals surface area contributed by atoms with Crippen LogP contribution in [0.1, 0.15) is 26.3 Å². The molecule has 0 unspecified atom stereocenters. The van der Waals surface area contributed by atoms with Crippen LogP contribution in [0.3, 0.4) is 0 Å². The first-order chi connectivity index (χ1) is 12.6. The lowest BCUT2D eigenvalue weighted by Gasteiger charge is -2.28. The standard InChI is InChI=1S/C21H19N3O2/c1-23(2)18-7-6-17-19-15(18)4-3-5-16(19)20(25)24(21(17)26)13-10-14-8-11-22-12-9-14/h3-9,11-12H,10,13H2,1-2H3. The second-order valence-corrected chi connectivity index (χ2v) is 6.62. The van der Waals surface area contributed by atoms with Crippen molar-refractivity contribution in [2.45, 2.75) is 6.42 Å². The highest BCUT2D eigenvalue weighted by Crippen LogP contribution is 2.35. The number of benzene rings is 2. The number of anilines is 1. The van der Waals surface area contributed by atoms with Gasteiger partial charge in [0.05, 0.1) is 0 Å². The number of carbonyl (C=O) groups is 2. The second kappa shape index (κ2) is 6.26. The third-order valence-corrected chi connectivity index (χ3v) is 4.82. The molecule has 2 amide bonds. The summed E-state index contributed by atoms with van der Waals surface area (Å²) in [6, 6.07) is 13.2. The molecule has 5 nitrogen and oxygen atoms in total. The van der Waals surface area contributed by atoms with E-state index >= 15 is 0 Å². The van der Waals surface area contributed by atoms with E-state index in [1.54, 1.807) is 18.5 Å². The Morgan fingerprint density at radius 3 is 2.31 bits per heavy atom. The topological polar surface area (TPSA) is 53.5 Å². The van der Waals surface area contributed by atoms with E-state index in [9.17, 15) is 9.59 Å². The largest absolute Gasteiger partial charge is 0.377 e. The zero-order valence-electron chi connectivity index (χ0n) is 14.8. The van der Waals surface area contributed by atoms with Crippen LogP contribution in [0.2, 0.25) is 0 Å². The molecule has 0 spiro atoms. The van der Waals surface area contributed by atoms with Crippen LogP contribution in [0.5, 0.6) is 0 Å². The normalized spacial score (nSPS) is 13.4. The van der Waals surface area contributed by atoms with Crippen molar-refractivity contribution in [3.05, 3.63) is 71.5 Å². The van der Waals surface area contributed by atoms with Crippen molar-refractivity contribution in [2.75, 3.05) is 25.5 Å². The van der Waals surface area contributed by atoms with Crippen molar-refractivity contribution in [3.8, 4) is 0 Å². The zero-order chi connectivity index (χ0) is 18.3. The van der Waals surface area contributed by atoms with Gasteiger partial charge in [-0.05, 0) is 42.3 Å². The van der Waals surface area contributed by atoms with Crippen LogP contribution in [0.25, 0.3) is 10.8 Å². The van der Waals surface area contributed by atoms with Crippen LogP contribution in [0.4, 0.5) is 5.69 Å². The molecule has 0 bridgehead atoms. The van der Waals surface area contributed by atoms with Gasteiger partial charge in [-0.1, -0.05) is 12.1 Å². The maximum Gasteiger partial charge on any atom is 0.261 e. The fourth-order valence-electron chi connectivity index (χ4n) is 3.51. The van der Waals surface area contributed by atoms with Gasteiger partial charge in [0.15, 0.2) is 0 Å². The number of hydrogen-bond acceptors (Lipinski definition) is 4. The fraction of sp³-hybridized carbons (Fsp3) is 0.190. The number of rotatable bonds is 4. The van der Waals surface area contributed by atoms with Gasteiger partial charge in [-0.25, -0.2) is 0 Å². The van der Waals surface area contributed by atoms with E-state index in [1.807, 2.05) is 55.4 Å². The highest BCUT2D eigenvalue weighted by atomic mass is 16.2. The molecule has 0 saturated carbocycles. The van der Waals surface area contributed by atoms with Crippen LogP contribution in [0.15, 0.2) is 54.9 Å². The Labute approximate surface area is 151 Å². The zero-order valence-corrected chi connectivity index (χ0v) is 14.8. The Balaban J connectivity index is 1.75. The first kappa shape index (κ1) is 16.3. The molecule has 0 radical (unpaired) electrons. The molecule has 2 aromatic carbocycles. The maximum absolute atomic E-state index is 13.0. The number of amides is 2. The van der Waals surface area contributed by atoms with Gasteiger partial charge in [0.25, 0.3) is 11.8 Å². The molecule has 1 aliphatic heterocycles. The Bertz CT molecular complexity index is 990. The summed E-state index contributed by atoms with van der Waals surface area (Å²) in [5, 5.41) is 1.69. The number of carbonyl (C=O) groups excluding carboxylic acids is 2. The van der Waals surface area contributed by atoms with E-state index in [0.29, 0.717) is 24.1 Å². The molecule has 3 aromatic rings. The monoisotopic (exact) mass is 345 g/mol. The van der Waals surface area contributed by atoms with E-state index in [4.69, 9.17) is 0 Å². The number of nitrogens with zero attached hydrogens (tertiary/aromatic N) is 3. The van der Waals surface area contributed by atoms with Crippen LogP contribution in [-0.4, -0.2) is 42.3 Å². The lowest BCUT2D eigenvalue weighted by atomic mass is 9.92. The molecule has 0 saturated heterocycles. The van der Waals surface area contributed by atoms with E-state index < -0.39 is 0 Å². The number of imide groups is 1. The Hall–Kier alpha value is -3.21. The maximum atomic E-state index is 13.0. The highest BCUT2D eigenvalue weighted by Gasteiger charge is 2.33. The van der Waals surface area contributed by atoms with Gasteiger partial charge < -0.3 is 4.90 Å². The molecule has 0 fully saturated rings. The SMILES string of the molecule is CN(C)c1ccc2c3c(cccc13)C(=O)N(CCc1ccncc1)C2=O. The van der Waals surface area contributed by atoms with E-state index in [1.165, 1.54) is 4.90 Å². The summed E-state index contributed by atoms with van der Waals surface area (Å²) in [7, 11) is 3.91. The molecule has 5 heteroatoms. The molecule has 4 rings (SSSR count). The molecule has 0 atom stereocenters. The summed E-state index contributed by atoms with van der Waals surface area (Å²) < 4.78 is 0. The summed E-state index contributed by atoms with van der Waals surface area (Å²) in [6.45, 7) is 0.354. The van der Waals surface area contributed by atoms with Gasteiger partial charge >= 0.3 is 0 Å². The molecule has 1 aliphatic rings. The Morgan fingerprint density at radius 1 is 0.923 bits per heavy atom. The summed E-state index contributed by atoms with van der Waals surface area (Å²) in [5.41, 5.74) is 3.23.